The molecule has 3 nitrogen and oxygen atoms in total. The van der Waals surface area contributed by atoms with E-state index >= 15 is 0 Å². The summed E-state index contributed by atoms with van der Waals surface area (Å²) in [5.41, 5.74) is 1.99. The molecule has 0 unspecified atom stereocenters. The van der Waals surface area contributed by atoms with E-state index in [1.165, 1.54) is 4.88 Å². The zero-order chi connectivity index (χ0) is 15.3. The first-order valence-corrected chi connectivity index (χ1v) is 7.97. The van der Waals surface area contributed by atoms with Crippen molar-refractivity contribution in [2.45, 2.75) is 26.2 Å². The van der Waals surface area contributed by atoms with E-state index in [-0.39, 0.29) is 11.3 Å². The maximum atomic E-state index is 12.0. The molecule has 1 aromatic heterocycles. The third-order valence-corrected chi connectivity index (χ3v) is 4.70. The van der Waals surface area contributed by atoms with Gasteiger partial charge < -0.3 is 10.6 Å². The Morgan fingerprint density at radius 1 is 1.19 bits per heavy atom. The van der Waals surface area contributed by atoms with Gasteiger partial charge in [0, 0.05) is 22.5 Å². The third-order valence-electron chi connectivity index (χ3n) is 3.46. The smallest absolute Gasteiger partial charge is 0.238 e. The molecule has 2 N–H and O–H groups in total. The monoisotopic (exact) mass is 302 g/mol. The number of para-hydroxylation sites is 1. The highest BCUT2D eigenvalue weighted by molar-refractivity contribution is 7.10. The van der Waals surface area contributed by atoms with Gasteiger partial charge >= 0.3 is 0 Å². The van der Waals surface area contributed by atoms with Crippen molar-refractivity contribution in [1.82, 2.24) is 5.32 Å². The third kappa shape index (κ3) is 4.41. The largest absolute Gasteiger partial charge is 0.325 e. The van der Waals surface area contributed by atoms with Gasteiger partial charge in [0.25, 0.3) is 0 Å². The number of hydrogen-bond donors (Lipinski definition) is 2. The normalized spacial score (nSPS) is 11.4. The van der Waals surface area contributed by atoms with Gasteiger partial charge in [0.2, 0.25) is 5.91 Å². The lowest BCUT2D eigenvalue weighted by atomic mass is 9.91. The average molecular weight is 302 g/mol. The van der Waals surface area contributed by atoms with Gasteiger partial charge in [-0.05, 0) is 30.0 Å². The molecule has 1 aromatic carbocycles. The maximum absolute atomic E-state index is 12.0. The minimum atomic E-state index is -0.00807. The number of nitrogens with one attached hydrogen (secondary N) is 2. The molecule has 0 saturated carbocycles. The Morgan fingerprint density at radius 2 is 1.95 bits per heavy atom. The molecule has 0 saturated heterocycles. The second-order valence-electron chi connectivity index (χ2n) is 5.83. The first kappa shape index (κ1) is 15.7. The second-order valence-corrected chi connectivity index (χ2v) is 6.78. The molecule has 1 heterocycles. The van der Waals surface area contributed by atoms with Gasteiger partial charge in [-0.2, -0.15) is 0 Å². The second kappa shape index (κ2) is 6.87. The lowest BCUT2D eigenvalue weighted by molar-refractivity contribution is -0.115. The van der Waals surface area contributed by atoms with Gasteiger partial charge in [-0.1, -0.05) is 38.1 Å². The predicted molar refractivity (Wildman–Crippen MR) is 90.0 cm³/mol. The molecular weight excluding hydrogens is 280 g/mol. The Hall–Kier alpha value is -1.65. The van der Waals surface area contributed by atoms with Crippen LogP contribution >= 0.6 is 11.3 Å². The summed E-state index contributed by atoms with van der Waals surface area (Å²) in [6.45, 7) is 7.46. The molecule has 0 atom stereocenters. The zero-order valence-electron chi connectivity index (χ0n) is 12.8. The van der Waals surface area contributed by atoms with Crippen molar-refractivity contribution in [2.24, 2.45) is 0 Å². The highest BCUT2D eigenvalue weighted by Gasteiger charge is 2.21. The number of amides is 1. The number of hydrogen-bond acceptors (Lipinski definition) is 3. The summed E-state index contributed by atoms with van der Waals surface area (Å²) in [6, 6.07) is 12.0. The van der Waals surface area contributed by atoms with Crippen LogP contribution in [0.4, 0.5) is 5.69 Å². The van der Waals surface area contributed by atoms with Crippen LogP contribution in [0.3, 0.4) is 0 Å². The number of carbonyl (C=O) groups is 1. The molecule has 0 radical (unpaired) electrons. The van der Waals surface area contributed by atoms with Gasteiger partial charge in [0.05, 0.1) is 6.54 Å². The molecular formula is C17H22N2OS. The van der Waals surface area contributed by atoms with E-state index in [1.54, 1.807) is 11.3 Å². The summed E-state index contributed by atoms with van der Waals surface area (Å²) in [6.07, 6.45) is 0. The van der Waals surface area contributed by atoms with Crippen LogP contribution in [0.5, 0.6) is 0 Å². The Labute approximate surface area is 130 Å². The Bertz CT molecular complexity index is 591. The van der Waals surface area contributed by atoms with E-state index in [4.69, 9.17) is 0 Å². The van der Waals surface area contributed by atoms with E-state index in [1.807, 2.05) is 31.2 Å². The lowest BCUT2D eigenvalue weighted by Crippen LogP contribution is -2.37. The Balaban J connectivity index is 1.81. The van der Waals surface area contributed by atoms with Crippen molar-refractivity contribution in [3.8, 4) is 0 Å². The first-order valence-electron chi connectivity index (χ1n) is 7.09. The van der Waals surface area contributed by atoms with Crippen LogP contribution in [0.1, 0.15) is 24.3 Å². The molecule has 112 valence electrons. The first-order chi connectivity index (χ1) is 9.99. The summed E-state index contributed by atoms with van der Waals surface area (Å²) in [7, 11) is 0. The standard InChI is InChI=1S/C17H22N2OS/c1-13-7-4-5-8-14(13)19-16(20)11-18-12-17(2,3)15-9-6-10-21-15/h4-10,18H,11-12H2,1-3H3,(H,19,20). The quantitative estimate of drug-likeness (QED) is 0.856. The van der Waals surface area contributed by atoms with Crippen LogP contribution in [0.15, 0.2) is 41.8 Å². The molecule has 0 spiro atoms. The highest BCUT2D eigenvalue weighted by Crippen LogP contribution is 2.26. The molecule has 0 aliphatic carbocycles. The number of rotatable bonds is 6. The molecule has 0 bridgehead atoms. The number of anilines is 1. The van der Waals surface area contributed by atoms with Crippen LogP contribution in [0.2, 0.25) is 0 Å². The minimum absolute atomic E-state index is 0.00807. The fourth-order valence-electron chi connectivity index (χ4n) is 2.15. The summed E-state index contributed by atoms with van der Waals surface area (Å²) in [4.78, 5) is 13.3. The van der Waals surface area contributed by atoms with Gasteiger partial charge in [0.1, 0.15) is 0 Å². The van der Waals surface area contributed by atoms with Crippen LogP contribution < -0.4 is 10.6 Å². The molecule has 0 aliphatic heterocycles. The highest BCUT2D eigenvalue weighted by atomic mass is 32.1. The molecule has 0 aliphatic rings. The topological polar surface area (TPSA) is 41.1 Å². The average Bonchev–Trinajstić information content (AvgIpc) is 2.96. The molecule has 2 aromatic rings. The summed E-state index contributed by atoms with van der Waals surface area (Å²) < 4.78 is 0. The molecule has 4 heteroatoms. The van der Waals surface area contributed by atoms with E-state index in [0.29, 0.717) is 6.54 Å². The molecule has 2 rings (SSSR count). The van der Waals surface area contributed by atoms with E-state index < -0.39 is 0 Å². The van der Waals surface area contributed by atoms with Crippen LogP contribution in [0.25, 0.3) is 0 Å². The number of benzene rings is 1. The van der Waals surface area contributed by atoms with Crippen LogP contribution in [-0.2, 0) is 10.2 Å². The van der Waals surface area contributed by atoms with Crippen LogP contribution in [0, 0.1) is 6.92 Å². The maximum Gasteiger partial charge on any atom is 0.238 e. The molecule has 0 fully saturated rings. The summed E-state index contributed by atoms with van der Waals surface area (Å²) >= 11 is 1.75. The van der Waals surface area contributed by atoms with Gasteiger partial charge in [-0.15, -0.1) is 11.3 Å². The van der Waals surface area contributed by atoms with E-state index in [2.05, 4.69) is 42.0 Å². The van der Waals surface area contributed by atoms with Crippen molar-refractivity contribution < 1.29 is 4.79 Å². The number of aryl methyl sites for hydroxylation is 1. The van der Waals surface area contributed by atoms with Crippen molar-refractivity contribution >= 4 is 22.9 Å². The Morgan fingerprint density at radius 3 is 2.62 bits per heavy atom. The van der Waals surface area contributed by atoms with Crippen molar-refractivity contribution in [3.05, 3.63) is 52.2 Å². The number of thiophene rings is 1. The van der Waals surface area contributed by atoms with Gasteiger partial charge in [-0.25, -0.2) is 0 Å². The zero-order valence-corrected chi connectivity index (χ0v) is 13.6. The fraction of sp³-hybridized carbons (Fsp3) is 0.353. The molecule has 1 amide bonds. The molecule has 21 heavy (non-hydrogen) atoms. The summed E-state index contributed by atoms with van der Waals surface area (Å²) in [5, 5.41) is 8.27. The number of carbonyl (C=O) groups excluding carboxylic acids is 1. The van der Waals surface area contributed by atoms with Crippen molar-refractivity contribution in [3.63, 3.8) is 0 Å². The van der Waals surface area contributed by atoms with Crippen LogP contribution in [-0.4, -0.2) is 19.0 Å². The van der Waals surface area contributed by atoms with E-state index in [0.717, 1.165) is 17.8 Å². The summed E-state index contributed by atoms with van der Waals surface area (Å²) in [5.74, 6) is -0.00807. The van der Waals surface area contributed by atoms with Crippen molar-refractivity contribution in [2.75, 3.05) is 18.4 Å². The Kier molecular flexibility index (Phi) is 5.15. The van der Waals surface area contributed by atoms with E-state index in [9.17, 15) is 4.79 Å². The van der Waals surface area contributed by atoms with Gasteiger partial charge in [0.15, 0.2) is 0 Å². The predicted octanol–water partition coefficient (Wildman–Crippen LogP) is 3.56. The fourth-order valence-corrected chi connectivity index (χ4v) is 3.00. The van der Waals surface area contributed by atoms with Gasteiger partial charge in [-0.3, -0.25) is 4.79 Å². The van der Waals surface area contributed by atoms with Crippen molar-refractivity contribution in [1.29, 1.82) is 0 Å². The lowest BCUT2D eigenvalue weighted by Gasteiger charge is -2.23. The minimum Gasteiger partial charge on any atom is -0.325 e. The SMILES string of the molecule is Cc1ccccc1NC(=O)CNCC(C)(C)c1cccs1.